The van der Waals surface area contributed by atoms with Gasteiger partial charge in [-0.25, -0.2) is 0 Å². The summed E-state index contributed by atoms with van der Waals surface area (Å²) in [6.07, 6.45) is 4.00. The molecule has 5 rings (SSSR count). The van der Waals surface area contributed by atoms with Gasteiger partial charge in [0.2, 0.25) is 11.8 Å². The van der Waals surface area contributed by atoms with Crippen molar-refractivity contribution in [2.75, 3.05) is 0 Å². The van der Waals surface area contributed by atoms with E-state index in [2.05, 4.69) is 17.4 Å². The molecule has 0 saturated carbocycles. The lowest BCUT2D eigenvalue weighted by atomic mass is 9.81. The Kier molecular flexibility index (Phi) is 5.01. The molecule has 2 aromatic rings. The van der Waals surface area contributed by atoms with Crippen LogP contribution in [0.4, 0.5) is 0 Å². The summed E-state index contributed by atoms with van der Waals surface area (Å²) < 4.78 is 0. The van der Waals surface area contributed by atoms with Crippen molar-refractivity contribution in [2.24, 2.45) is 11.1 Å². The number of hydrogen-bond donors (Lipinski definition) is 3. The molecule has 0 unspecified atom stereocenters. The Bertz CT molecular complexity index is 1080. The van der Waals surface area contributed by atoms with Crippen LogP contribution in [-0.2, 0) is 22.4 Å². The van der Waals surface area contributed by atoms with Gasteiger partial charge in [0.15, 0.2) is 0 Å². The SMILES string of the molecule is CC1(C)C[C@@H]2c3cc(O)ccc3C[C@H](N)C(=O)N2[C@H]1C(=O)N[C@@H]1CCCc2ccccc21. The number of fused-ring (bicyclic) bond motifs is 4. The second-order valence-electron chi connectivity index (χ2n) is 10.2. The van der Waals surface area contributed by atoms with Crippen LogP contribution in [0, 0.1) is 5.41 Å². The van der Waals surface area contributed by atoms with Crippen molar-refractivity contribution in [1.29, 1.82) is 0 Å². The molecule has 3 aliphatic rings. The van der Waals surface area contributed by atoms with Crippen LogP contribution in [0.15, 0.2) is 42.5 Å². The number of nitrogens with two attached hydrogens (primary N) is 1. The van der Waals surface area contributed by atoms with Gasteiger partial charge in [-0.1, -0.05) is 44.2 Å². The molecule has 2 amide bonds. The molecule has 0 aromatic heterocycles. The number of benzene rings is 2. The molecule has 168 valence electrons. The molecule has 1 fully saturated rings. The van der Waals surface area contributed by atoms with Crippen molar-refractivity contribution in [3.8, 4) is 5.75 Å². The summed E-state index contributed by atoms with van der Waals surface area (Å²) in [7, 11) is 0. The van der Waals surface area contributed by atoms with Crippen LogP contribution >= 0.6 is 0 Å². The average molecular weight is 434 g/mol. The maximum atomic E-state index is 13.7. The highest BCUT2D eigenvalue weighted by Crippen LogP contribution is 2.50. The minimum absolute atomic E-state index is 0.0469. The van der Waals surface area contributed by atoms with Gasteiger partial charge >= 0.3 is 0 Å². The van der Waals surface area contributed by atoms with Gasteiger partial charge in [-0.05, 0) is 71.9 Å². The van der Waals surface area contributed by atoms with E-state index in [0.29, 0.717) is 12.8 Å². The second kappa shape index (κ2) is 7.62. The zero-order chi connectivity index (χ0) is 22.6. The Balaban J connectivity index is 1.50. The highest BCUT2D eigenvalue weighted by atomic mass is 16.3. The first-order valence-electron chi connectivity index (χ1n) is 11.5. The number of phenols is 1. The number of hydrogen-bond acceptors (Lipinski definition) is 4. The molecule has 1 saturated heterocycles. The van der Waals surface area contributed by atoms with Crippen LogP contribution in [0.5, 0.6) is 5.75 Å². The van der Waals surface area contributed by atoms with E-state index in [-0.39, 0.29) is 29.6 Å². The summed E-state index contributed by atoms with van der Waals surface area (Å²) in [6.45, 7) is 4.09. The third-order valence-corrected chi connectivity index (χ3v) is 7.51. The lowest BCUT2D eigenvalue weighted by Crippen LogP contribution is -2.55. The molecule has 6 nitrogen and oxygen atoms in total. The first kappa shape index (κ1) is 21.0. The van der Waals surface area contributed by atoms with E-state index in [0.717, 1.165) is 30.4 Å². The van der Waals surface area contributed by atoms with Gasteiger partial charge < -0.3 is 21.1 Å². The zero-order valence-corrected chi connectivity index (χ0v) is 18.7. The predicted octanol–water partition coefficient (Wildman–Crippen LogP) is 3.14. The van der Waals surface area contributed by atoms with Gasteiger partial charge in [0.25, 0.3) is 0 Å². The normalized spacial score (nSPS) is 28.3. The lowest BCUT2D eigenvalue weighted by Gasteiger charge is -2.35. The quantitative estimate of drug-likeness (QED) is 0.678. The minimum Gasteiger partial charge on any atom is -0.508 e. The number of nitrogens with zero attached hydrogens (tertiary/aromatic N) is 1. The highest BCUT2D eigenvalue weighted by Gasteiger charge is 2.55. The predicted molar refractivity (Wildman–Crippen MR) is 122 cm³/mol. The van der Waals surface area contributed by atoms with Crippen molar-refractivity contribution >= 4 is 11.8 Å². The second-order valence-corrected chi connectivity index (χ2v) is 10.2. The third-order valence-electron chi connectivity index (χ3n) is 7.51. The molecule has 6 heteroatoms. The van der Waals surface area contributed by atoms with Crippen molar-refractivity contribution < 1.29 is 14.7 Å². The third kappa shape index (κ3) is 3.37. The number of nitrogens with one attached hydrogen (secondary N) is 1. The van der Waals surface area contributed by atoms with E-state index in [4.69, 9.17) is 5.73 Å². The zero-order valence-electron chi connectivity index (χ0n) is 18.7. The maximum absolute atomic E-state index is 13.7. The minimum atomic E-state index is -0.706. The Morgan fingerprint density at radius 2 is 1.94 bits per heavy atom. The number of phenolic OH excluding ortho intramolecular Hbond substituents is 1. The maximum Gasteiger partial charge on any atom is 0.243 e. The van der Waals surface area contributed by atoms with Crippen LogP contribution in [0.25, 0.3) is 0 Å². The smallest absolute Gasteiger partial charge is 0.243 e. The largest absolute Gasteiger partial charge is 0.508 e. The number of aromatic hydroxyl groups is 1. The lowest BCUT2D eigenvalue weighted by molar-refractivity contribution is -0.143. The Labute approximate surface area is 188 Å². The first-order chi connectivity index (χ1) is 15.3. The van der Waals surface area contributed by atoms with Crippen LogP contribution < -0.4 is 11.1 Å². The molecule has 0 radical (unpaired) electrons. The molecule has 0 spiro atoms. The van der Waals surface area contributed by atoms with E-state index >= 15 is 0 Å². The fourth-order valence-electron chi connectivity index (χ4n) is 6.04. The summed E-state index contributed by atoms with van der Waals surface area (Å²) in [5, 5.41) is 13.4. The van der Waals surface area contributed by atoms with Crippen molar-refractivity contribution in [1.82, 2.24) is 10.2 Å². The van der Waals surface area contributed by atoms with Crippen molar-refractivity contribution in [3.63, 3.8) is 0 Å². The highest BCUT2D eigenvalue weighted by molar-refractivity contribution is 5.92. The molecule has 32 heavy (non-hydrogen) atoms. The summed E-state index contributed by atoms with van der Waals surface area (Å²) >= 11 is 0. The Morgan fingerprint density at radius 1 is 1.16 bits per heavy atom. The van der Waals surface area contributed by atoms with Crippen molar-refractivity contribution in [2.45, 2.75) is 70.1 Å². The fourth-order valence-corrected chi connectivity index (χ4v) is 6.04. The Morgan fingerprint density at radius 3 is 2.75 bits per heavy atom. The molecule has 2 aromatic carbocycles. The van der Waals surface area contributed by atoms with Gasteiger partial charge in [0.05, 0.1) is 18.1 Å². The summed E-state index contributed by atoms with van der Waals surface area (Å²) in [5.41, 5.74) is 10.2. The van der Waals surface area contributed by atoms with Gasteiger partial charge in [-0.2, -0.15) is 0 Å². The molecule has 4 atom stereocenters. The van der Waals surface area contributed by atoms with Crippen LogP contribution in [0.3, 0.4) is 0 Å². The molecule has 2 aliphatic heterocycles. The average Bonchev–Trinajstić information content (AvgIpc) is 3.00. The van der Waals surface area contributed by atoms with Gasteiger partial charge in [-0.15, -0.1) is 0 Å². The fraction of sp³-hybridized carbons (Fsp3) is 0.462. The van der Waals surface area contributed by atoms with Gasteiger partial charge in [0, 0.05) is 0 Å². The molecule has 0 bridgehead atoms. The topological polar surface area (TPSA) is 95.7 Å². The van der Waals surface area contributed by atoms with Crippen LogP contribution in [0.1, 0.15) is 67.4 Å². The number of aryl methyl sites for hydroxylation is 1. The van der Waals surface area contributed by atoms with Crippen LogP contribution in [0.2, 0.25) is 0 Å². The van der Waals surface area contributed by atoms with Gasteiger partial charge in [0.1, 0.15) is 11.8 Å². The summed E-state index contributed by atoms with van der Waals surface area (Å²) in [6, 6.07) is 11.8. The molecule has 4 N–H and O–H groups in total. The van der Waals surface area contributed by atoms with Crippen LogP contribution in [-0.4, -0.2) is 33.9 Å². The summed E-state index contributed by atoms with van der Waals surface area (Å²) in [5.74, 6) is -0.153. The molecule has 1 aliphatic carbocycles. The standard InChI is InChI=1S/C26H31N3O3/c1-26(2)14-22-19-13-17(30)11-10-16(19)12-20(27)25(32)29(22)23(26)24(31)28-21-9-5-7-15-6-3-4-8-18(15)21/h3-4,6,8,10-11,13,20-23,30H,5,7,9,12,14,27H2,1-2H3,(H,28,31)/t20-,21+,22+,23-/m0/s1. The van der Waals surface area contributed by atoms with E-state index in [1.807, 2.05) is 32.0 Å². The van der Waals surface area contributed by atoms with E-state index in [9.17, 15) is 14.7 Å². The molecular formula is C26H31N3O3. The monoisotopic (exact) mass is 433 g/mol. The summed E-state index contributed by atoms with van der Waals surface area (Å²) in [4.78, 5) is 28.9. The number of rotatable bonds is 2. The molecular weight excluding hydrogens is 402 g/mol. The van der Waals surface area contributed by atoms with E-state index in [1.165, 1.54) is 11.1 Å². The molecule has 2 heterocycles. The van der Waals surface area contributed by atoms with E-state index in [1.54, 1.807) is 17.0 Å². The number of amides is 2. The Hall–Kier alpha value is -2.86. The first-order valence-corrected chi connectivity index (χ1v) is 11.5. The number of carbonyl (C=O) groups is 2. The van der Waals surface area contributed by atoms with Crippen molar-refractivity contribution in [3.05, 3.63) is 64.7 Å². The van der Waals surface area contributed by atoms with E-state index < -0.39 is 17.5 Å². The van der Waals surface area contributed by atoms with Gasteiger partial charge in [-0.3, -0.25) is 9.59 Å². The number of carbonyl (C=O) groups excluding carboxylic acids is 2.